The lowest BCUT2D eigenvalue weighted by Crippen LogP contribution is -2.50. The van der Waals surface area contributed by atoms with Crippen molar-refractivity contribution < 1.29 is 19.1 Å². The summed E-state index contributed by atoms with van der Waals surface area (Å²) in [5.41, 5.74) is 1.41. The molecule has 1 saturated heterocycles. The fourth-order valence-electron chi connectivity index (χ4n) is 5.37. The van der Waals surface area contributed by atoms with Gasteiger partial charge < -0.3 is 25.3 Å². The van der Waals surface area contributed by atoms with Crippen LogP contribution in [0.25, 0.3) is 22.4 Å². The van der Waals surface area contributed by atoms with Crippen LogP contribution in [-0.4, -0.2) is 81.9 Å². The molecule has 4 aromatic rings. The van der Waals surface area contributed by atoms with E-state index < -0.39 is 5.41 Å². The molecule has 0 atom stereocenters. The number of aromatic amines is 1. The molecule has 11 heteroatoms. The highest BCUT2D eigenvalue weighted by Crippen LogP contribution is 2.34. The van der Waals surface area contributed by atoms with Gasteiger partial charge >= 0.3 is 0 Å². The van der Waals surface area contributed by atoms with E-state index in [1.165, 1.54) is 11.8 Å². The summed E-state index contributed by atoms with van der Waals surface area (Å²) in [4.78, 5) is 54.8. The molecule has 3 N–H and O–H groups in total. The van der Waals surface area contributed by atoms with Gasteiger partial charge in [0.25, 0.3) is 5.91 Å². The van der Waals surface area contributed by atoms with Crippen molar-refractivity contribution in [1.29, 1.82) is 0 Å². The minimum Gasteiger partial charge on any atom is -0.378 e. The number of H-pyrrole nitrogens is 1. The van der Waals surface area contributed by atoms with E-state index in [1.807, 2.05) is 65.6 Å². The van der Waals surface area contributed by atoms with Crippen molar-refractivity contribution in [3.8, 4) is 11.4 Å². The average molecular weight is 592 g/mol. The average Bonchev–Trinajstić information content (AvgIpc) is 3.52. The van der Waals surface area contributed by atoms with E-state index in [0.717, 1.165) is 11.1 Å². The fourth-order valence-corrected chi connectivity index (χ4v) is 5.37. The van der Waals surface area contributed by atoms with Crippen LogP contribution in [0.3, 0.4) is 0 Å². The molecular weight excluding hydrogens is 558 g/mol. The number of nitrogens with one attached hydrogen (secondary N) is 3. The van der Waals surface area contributed by atoms with E-state index in [1.54, 1.807) is 30.6 Å². The maximum Gasteiger partial charge on any atom is 0.278 e. The summed E-state index contributed by atoms with van der Waals surface area (Å²) >= 11 is 0. The number of amides is 3. The lowest BCUT2D eigenvalue weighted by molar-refractivity contribution is -0.138. The largest absolute Gasteiger partial charge is 0.378 e. The molecule has 1 fully saturated rings. The molecule has 2 aromatic carbocycles. The predicted molar refractivity (Wildman–Crippen MR) is 166 cm³/mol. The number of anilines is 1. The summed E-state index contributed by atoms with van der Waals surface area (Å²) < 4.78 is 5.46. The van der Waals surface area contributed by atoms with E-state index in [-0.39, 0.29) is 17.7 Å². The number of carbonyl (C=O) groups is 3. The summed E-state index contributed by atoms with van der Waals surface area (Å²) in [7, 11) is 0. The molecule has 0 unspecified atom stereocenters. The van der Waals surface area contributed by atoms with Crippen LogP contribution in [-0.2, 0) is 19.7 Å². The molecule has 4 heterocycles. The Bertz CT molecular complexity index is 1710. The van der Waals surface area contributed by atoms with Gasteiger partial charge in [0.1, 0.15) is 22.6 Å². The van der Waals surface area contributed by atoms with Gasteiger partial charge in [-0.3, -0.25) is 19.3 Å². The Kier molecular flexibility index (Phi) is 8.20. The molecular formula is C33H33N7O4. The zero-order valence-corrected chi connectivity index (χ0v) is 24.3. The molecule has 0 spiro atoms. The molecule has 11 nitrogen and oxygen atoms in total. The van der Waals surface area contributed by atoms with Crippen LogP contribution in [0.5, 0.6) is 0 Å². The lowest BCUT2D eigenvalue weighted by atomic mass is 9.77. The minimum absolute atomic E-state index is 0.0593. The number of morpholine rings is 1. The van der Waals surface area contributed by atoms with Gasteiger partial charge in [-0.05, 0) is 23.8 Å². The number of hydrogen-bond acceptors (Lipinski definition) is 7. The Labute approximate surface area is 254 Å². The number of rotatable bonds is 8. The first-order valence-electron chi connectivity index (χ1n) is 14.5. The molecule has 0 aliphatic carbocycles. The number of hydrogen-bond donors (Lipinski definition) is 3. The molecule has 44 heavy (non-hydrogen) atoms. The third kappa shape index (κ3) is 5.82. The monoisotopic (exact) mass is 591 g/mol. The quantitative estimate of drug-likeness (QED) is 0.268. The zero-order chi connectivity index (χ0) is 30.5. The first kappa shape index (κ1) is 28.8. The number of nitrogens with zero attached hydrogens (tertiary/aromatic N) is 4. The van der Waals surface area contributed by atoms with Crippen LogP contribution >= 0.6 is 0 Å². The number of aromatic nitrogens is 3. The van der Waals surface area contributed by atoms with Crippen molar-refractivity contribution in [1.82, 2.24) is 30.1 Å². The highest BCUT2D eigenvalue weighted by Gasteiger charge is 2.41. The number of ether oxygens (including phenoxy) is 1. The minimum atomic E-state index is -1.04. The van der Waals surface area contributed by atoms with Crippen LogP contribution in [0.4, 0.5) is 5.82 Å². The maximum absolute atomic E-state index is 13.9. The Morgan fingerprint density at radius 1 is 0.932 bits per heavy atom. The van der Waals surface area contributed by atoms with E-state index in [9.17, 15) is 14.4 Å². The molecule has 0 saturated carbocycles. The van der Waals surface area contributed by atoms with Gasteiger partial charge in [0, 0.05) is 51.1 Å². The third-order valence-electron chi connectivity index (χ3n) is 7.68. The molecule has 0 radical (unpaired) electrons. The summed E-state index contributed by atoms with van der Waals surface area (Å²) in [5, 5.41) is 6.67. The molecule has 224 valence electrons. The summed E-state index contributed by atoms with van der Waals surface area (Å²) in [5.74, 6) is 0.536. The Hall–Kier alpha value is -5.29. The van der Waals surface area contributed by atoms with Gasteiger partial charge in [-0.2, -0.15) is 0 Å². The molecule has 2 aliphatic heterocycles. The first-order valence-corrected chi connectivity index (χ1v) is 14.5. The fraction of sp³-hybridized carbons (Fsp3) is 0.242. The molecule has 2 aromatic heterocycles. The van der Waals surface area contributed by atoms with Gasteiger partial charge in [-0.1, -0.05) is 60.7 Å². The van der Waals surface area contributed by atoms with Crippen LogP contribution in [0, 0.1) is 0 Å². The highest BCUT2D eigenvalue weighted by atomic mass is 16.5. The van der Waals surface area contributed by atoms with Crippen molar-refractivity contribution in [2.24, 2.45) is 0 Å². The van der Waals surface area contributed by atoms with Gasteiger partial charge in [-0.25, -0.2) is 9.97 Å². The summed E-state index contributed by atoms with van der Waals surface area (Å²) in [6, 6.07) is 20.8. The van der Waals surface area contributed by atoms with E-state index in [4.69, 9.17) is 14.7 Å². The normalized spacial score (nSPS) is 15.8. The smallest absolute Gasteiger partial charge is 0.278 e. The Morgan fingerprint density at radius 3 is 2.30 bits per heavy atom. The van der Waals surface area contributed by atoms with Crippen molar-refractivity contribution in [2.75, 3.05) is 44.7 Å². The second kappa shape index (κ2) is 12.5. The molecule has 2 aliphatic rings. The third-order valence-corrected chi connectivity index (χ3v) is 7.68. The van der Waals surface area contributed by atoms with E-state index in [2.05, 4.69) is 15.6 Å². The van der Waals surface area contributed by atoms with Gasteiger partial charge in [0.05, 0.1) is 18.6 Å². The predicted octanol–water partition coefficient (Wildman–Crippen LogP) is 3.45. The van der Waals surface area contributed by atoms with Crippen LogP contribution in [0.2, 0.25) is 0 Å². The summed E-state index contributed by atoms with van der Waals surface area (Å²) in [6.07, 6.45) is 6.85. The molecule has 6 rings (SSSR count). The second-order valence-electron chi connectivity index (χ2n) is 10.6. The van der Waals surface area contributed by atoms with Crippen LogP contribution in [0.1, 0.15) is 23.0 Å². The van der Waals surface area contributed by atoms with Crippen molar-refractivity contribution in [2.45, 2.75) is 12.3 Å². The van der Waals surface area contributed by atoms with Gasteiger partial charge in [0.2, 0.25) is 11.8 Å². The maximum atomic E-state index is 13.9. The second-order valence-corrected chi connectivity index (χ2v) is 10.6. The first-order chi connectivity index (χ1) is 21.4. The number of fused-ring (bicyclic) bond motifs is 1. The SMILES string of the molecule is CC(=O)NCCNc1nc(-c2ccccc2)nc2[nH]c(C(=O)N3C=CC(C(=O)N4CCOCC4)(c4ccccc4)C=C3)cc12. The van der Waals surface area contributed by atoms with Gasteiger partial charge in [0.15, 0.2) is 5.82 Å². The van der Waals surface area contributed by atoms with E-state index in [0.29, 0.717) is 67.8 Å². The van der Waals surface area contributed by atoms with Crippen LogP contribution in [0.15, 0.2) is 91.3 Å². The number of carbonyl (C=O) groups excluding carboxylic acids is 3. The van der Waals surface area contributed by atoms with Crippen molar-refractivity contribution in [3.63, 3.8) is 0 Å². The van der Waals surface area contributed by atoms with Crippen molar-refractivity contribution >= 4 is 34.6 Å². The summed E-state index contributed by atoms with van der Waals surface area (Å²) in [6.45, 7) is 4.33. The molecule has 3 amide bonds. The number of benzene rings is 2. The van der Waals surface area contributed by atoms with Crippen LogP contribution < -0.4 is 10.6 Å². The lowest BCUT2D eigenvalue weighted by Gasteiger charge is -2.37. The zero-order valence-electron chi connectivity index (χ0n) is 24.3. The highest BCUT2D eigenvalue weighted by molar-refractivity contribution is 6.02. The van der Waals surface area contributed by atoms with Crippen molar-refractivity contribution in [3.05, 3.63) is 103 Å². The molecule has 0 bridgehead atoms. The topological polar surface area (TPSA) is 133 Å². The Balaban J connectivity index is 1.30. The van der Waals surface area contributed by atoms with Gasteiger partial charge in [-0.15, -0.1) is 0 Å². The van der Waals surface area contributed by atoms with E-state index >= 15 is 0 Å². The Morgan fingerprint density at radius 2 is 1.61 bits per heavy atom. The standard InChI is InChI=1S/C33H33N7O4/c1-23(41)34-14-15-35-29-26-22-27(36-30(26)38-28(37-29)24-8-4-2-5-9-24)31(42)39-16-12-33(13-17-39,25-10-6-3-7-11-25)32(43)40-18-20-44-21-19-40/h2-13,16-17,22H,14-15,18-21H2,1H3,(H,34,41)(H2,35,36,37,38).